The fraction of sp³-hybridized carbons (Fsp3) is 0.619. The quantitative estimate of drug-likeness (QED) is 0.650. The van der Waals surface area contributed by atoms with Gasteiger partial charge in [-0.1, -0.05) is 6.92 Å². The average molecular weight is 376 g/mol. The third-order valence-electron chi connectivity index (χ3n) is 5.20. The molecule has 0 radical (unpaired) electrons. The predicted molar refractivity (Wildman–Crippen MR) is 105 cm³/mol. The smallest absolute Gasteiger partial charge is 0.223 e. The highest BCUT2D eigenvalue weighted by atomic mass is 16.5. The molecule has 0 aliphatic heterocycles. The van der Waals surface area contributed by atoms with Crippen LogP contribution in [0.5, 0.6) is 11.5 Å². The molecule has 1 atom stereocenters. The van der Waals surface area contributed by atoms with Crippen LogP contribution in [0.25, 0.3) is 0 Å². The molecule has 1 aromatic rings. The first kappa shape index (κ1) is 21.1. The molecule has 6 heteroatoms. The summed E-state index contributed by atoms with van der Waals surface area (Å²) in [7, 11) is 1.62. The summed E-state index contributed by atoms with van der Waals surface area (Å²) in [6, 6.07) is 7.57. The lowest BCUT2D eigenvalue weighted by Gasteiger charge is -2.28. The van der Waals surface area contributed by atoms with E-state index in [1.54, 1.807) is 7.11 Å². The molecule has 1 aliphatic carbocycles. The van der Waals surface area contributed by atoms with Crippen molar-refractivity contribution in [1.82, 2.24) is 10.6 Å². The Morgan fingerprint density at radius 3 is 2.15 bits per heavy atom. The molecular formula is C21H32N2O4. The fourth-order valence-electron chi connectivity index (χ4n) is 3.24. The van der Waals surface area contributed by atoms with Crippen molar-refractivity contribution in [1.29, 1.82) is 0 Å². The van der Waals surface area contributed by atoms with Crippen LogP contribution in [0.1, 0.15) is 46.0 Å². The highest BCUT2D eigenvalue weighted by Crippen LogP contribution is 2.29. The first-order valence-electron chi connectivity index (χ1n) is 9.88. The van der Waals surface area contributed by atoms with Crippen LogP contribution in [-0.4, -0.2) is 38.1 Å². The highest BCUT2D eigenvalue weighted by Gasteiger charge is 2.30. The molecule has 0 bridgehead atoms. The topological polar surface area (TPSA) is 76.7 Å². The van der Waals surface area contributed by atoms with Crippen molar-refractivity contribution < 1.29 is 19.1 Å². The minimum absolute atomic E-state index is 0.00126. The van der Waals surface area contributed by atoms with Gasteiger partial charge in [-0.25, -0.2) is 0 Å². The molecule has 1 saturated carbocycles. The van der Waals surface area contributed by atoms with E-state index < -0.39 is 0 Å². The largest absolute Gasteiger partial charge is 0.497 e. The Morgan fingerprint density at radius 1 is 1.04 bits per heavy atom. The lowest BCUT2D eigenvalue weighted by molar-refractivity contribution is -0.130. The van der Waals surface area contributed by atoms with Gasteiger partial charge in [-0.2, -0.15) is 0 Å². The number of hydrogen-bond acceptors (Lipinski definition) is 4. The van der Waals surface area contributed by atoms with E-state index in [0.29, 0.717) is 13.2 Å². The van der Waals surface area contributed by atoms with Crippen LogP contribution >= 0.6 is 0 Å². The van der Waals surface area contributed by atoms with Gasteiger partial charge in [0.25, 0.3) is 0 Å². The van der Waals surface area contributed by atoms with Crippen molar-refractivity contribution in [2.75, 3.05) is 20.3 Å². The van der Waals surface area contributed by atoms with Crippen LogP contribution in [0.4, 0.5) is 0 Å². The van der Waals surface area contributed by atoms with E-state index in [4.69, 9.17) is 9.47 Å². The van der Waals surface area contributed by atoms with Crippen LogP contribution in [0.15, 0.2) is 24.3 Å². The fourth-order valence-corrected chi connectivity index (χ4v) is 3.24. The van der Waals surface area contributed by atoms with Gasteiger partial charge in [-0.3, -0.25) is 9.59 Å². The van der Waals surface area contributed by atoms with Gasteiger partial charge < -0.3 is 20.1 Å². The summed E-state index contributed by atoms with van der Waals surface area (Å²) in [6.45, 7) is 4.97. The second kappa shape index (κ2) is 10.8. The van der Waals surface area contributed by atoms with Crippen molar-refractivity contribution in [2.45, 2.75) is 52.0 Å². The summed E-state index contributed by atoms with van der Waals surface area (Å²) >= 11 is 0. The minimum atomic E-state index is -0.00126. The van der Waals surface area contributed by atoms with Gasteiger partial charge in [0, 0.05) is 17.9 Å². The molecular weight excluding hydrogens is 344 g/mol. The lowest BCUT2D eigenvalue weighted by atomic mass is 9.81. The predicted octanol–water partition coefficient (Wildman–Crippen LogP) is 2.91. The van der Waals surface area contributed by atoms with Gasteiger partial charge in [0.15, 0.2) is 0 Å². The van der Waals surface area contributed by atoms with Gasteiger partial charge in [0.2, 0.25) is 11.8 Å². The molecule has 0 aromatic heterocycles. The van der Waals surface area contributed by atoms with E-state index in [2.05, 4.69) is 17.6 Å². The molecule has 0 spiro atoms. The average Bonchev–Trinajstić information content (AvgIpc) is 2.71. The minimum Gasteiger partial charge on any atom is -0.497 e. The number of benzene rings is 1. The number of nitrogens with one attached hydrogen (secondary N) is 2. The molecule has 27 heavy (non-hydrogen) atoms. The number of ether oxygens (including phenoxy) is 2. The summed E-state index contributed by atoms with van der Waals surface area (Å²) in [6.07, 6.45) is 4.03. The summed E-state index contributed by atoms with van der Waals surface area (Å²) in [4.78, 5) is 24.5. The van der Waals surface area contributed by atoms with Gasteiger partial charge in [0.1, 0.15) is 18.1 Å². The summed E-state index contributed by atoms with van der Waals surface area (Å²) < 4.78 is 10.7. The Bertz CT molecular complexity index is 595. The van der Waals surface area contributed by atoms with Crippen molar-refractivity contribution in [3.63, 3.8) is 0 Å². The van der Waals surface area contributed by atoms with Crippen molar-refractivity contribution in [2.24, 2.45) is 11.8 Å². The molecule has 2 N–H and O–H groups in total. The standard InChI is InChI=1S/C21H32N2O4/c1-4-15(2)23-21(25)17-7-5-16(6-8-17)20(24)22-13-14-27-19-11-9-18(26-3)10-12-19/h9-12,15-17H,4-8,13-14H2,1-3H3,(H,22,24)(H,23,25). The number of rotatable bonds is 9. The molecule has 1 unspecified atom stereocenters. The SMILES string of the molecule is CCC(C)NC(=O)C1CCC(C(=O)NCCOc2ccc(OC)cc2)CC1. The van der Waals surface area contributed by atoms with E-state index in [9.17, 15) is 9.59 Å². The van der Waals surface area contributed by atoms with Crippen LogP contribution in [0, 0.1) is 11.8 Å². The monoisotopic (exact) mass is 376 g/mol. The second-order valence-corrected chi connectivity index (χ2v) is 7.18. The zero-order chi connectivity index (χ0) is 19.6. The Morgan fingerprint density at radius 2 is 1.59 bits per heavy atom. The molecule has 1 fully saturated rings. The van der Waals surface area contributed by atoms with Crippen molar-refractivity contribution >= 4 is 11.8 Å². The first-order valence-corrected chi connectivity index (χ1v) is 9.88. The van der Waals surface area contributed by atoms with E-state index in [-0.39, 0.29) is 29.7 Å². The van der Waals surface area contributed by atoms with Crippen LogP contribution in [0.3, 0.4) is 0 Å². The normalized spacial score (nSPS) is 20.4. The van der Waals surface area contributed by atoms with E-state index >= 15 is 0 Å². The zero-order valence-electron chi connectivity index (χ0n) is 16.6. The van der Waals surface area contributed by atoms with Crippen LogP contribution in [-0.2, 0) is 9.59 Å². The molecule has 2 rings (SSSR count). The molecule has 150 valence electrons. The zero-order valence-corrected chi connectivity index (χ0v) is 16.6. The van der Waals surface area contributed by atoms with E-state index in [1.165, 1.54) is 0 Å². The second-order valence-electron chi connectivity index (χ2n) is 7.18. The Hall–Kier alpha value is -2.24. The molecule has 0 saturated heterocycles. The van der Waals surface area contributed by atoms with Crippen LogP contribution < -0.4 is 20.1 Å². The number of methoxy groups -OCH3 is 1. The van der Waals surface area contributed by atoms with Gasteiger partial charge in [-0.05, 0) is 63.3 Å². The first-order chi connectivity index (χ1) is 13.0. The van der Waals surface area contributed by atoms with Crippen molar-refractivity contribution in [3.05, 3.63) is 24.3 Å². The highest BCUT2D eigenvalue weighted by molar-refractivity contribution is 5.81. The summed E-state index contributed by atoms with van der Waals surface area (Å²) in [5.41, 5.74) is 0. The van der Waals surface area contributed by atoms with Gasteiger partial charge >= 0.3 is 0 Å². The Kier molecular flexibility index (Phi) is 8.43. The number of carbonyl (C=O) groups is 2. The molecule has 0 heterocycles. The molecule has 6 nitrogen and oxygen atoms in total. The van der Waals surface area contributed by atoms with E-state index in [0.717, 1.165) is 43.6 Å². The third kappa shape index (κ3) is 6.77. The molecule has 2 amide bonds. The van der Waals surface area contributed by atoms with Crippen molar-refractivity contribution in [3.8, 4) is 11.5 Å². The Balaban J connectivity index is 1.63. The number of hydrogen-bond donors (Lipinski definition) is 2. The van der Waals surface area contributed by atoms with Gasteiger partial charge in [-0.15, -0.1) is 0 Å². The number of carbonyl (C=O) groups excluding carboxylic acids is 2. The van der Waals surface area contributed by atoms with Crippen LogP contribution in [0.2, 0.25) is 0 Å². The lowest BCUT2D eigenvalue weighted by Crippen LogP contribution is -2.40. The summed E-state index contributed by atoms with van der Waals surface area (Å²) in [5.74, 6) is 1.77. The maximum atomic E-state index is 12.3. The molecule has 1 aromatic carbocycles. The maximum absolute atomic E-state index is 12.3. The third-order valence-corrected chi connectivity index (χ3v) is 5.20. The van der Waals surface area contributed by atoms with Gasteiger partial charge in [0.05, 0.1) is 13.7 Å². The Labute approximate surface area is 162 Å². The maximum Gasteiger partial charge on any atom is 0.223 e. The summed E-state index contributed by atoms with van der Waals surface area (Å²) in [5, 5.41) is 5.99. The molecule has 1 aliphatic rings. The number of amides is 2. The van der Waals surface area contributed by atoms with E-state index in [1.807, 2.05) is 31.2 Å².